The predicted octanol–water partition coefficient (Wildman–Crippen LogP) is 8.50. The Kier molecular flexibility index (Phi) is 25.7. The van der Waals surface area contributed by atoms with Crippen LogP contribution in [0.1, 0.15) is 73.0 Å². The van der Waals surface area contributed by atoms with E-state index in [-0.39, 0.29) is 102 Å². The molecule has 0 radical (unpaired) electrons. The summed E-state index contributed by atoms with van der Waals surface area (Å²) in [5.74, 6) is -8.01. The van der Waals surface area contributed by atoms with Crippen LogP contribution in [0.5, 0.6) is 0 Å². The number of imidazole rings is 3. The van der Waals surface area contributed by atoms with Crippen LogP contribution in [0, 0.1) is 0 Å². The second-order valence-electron chi connectivity index (χ2n) is 22.1. The zero-order valence-electron chi connectivity index (χ0n) is 51.1. The van der Waals surface area contributed by atoms with E-state index >= 15 is 0 Å². The number of nitrogens with one attached hydrogen (secondary N) is 5. The van der Waals surface area contributed by atoms with E-state index in [1.165, 1.54) is 49.0 Å². The number of carbonyl (C=O) groups excluding carboxylic acids is 4. The van der Waals surface area contributed by atoms with Gasteiger partial charge in [-0.25, -0.2) is 15.0 Å². The topological polar surface area (TPSA) is 280 Å². The van der Waals surface area contributed by atoms with Crippen molar-refractivity contribution >= 4 is 151 Å². The number of thioether (sulfide) groups is 3. The number of amides is 3. The van der Waals surface area contributed by atoms with E-state index in [9.17, 15) is 60.2 Å². The van der Waals surface area contributed by atoms with Crippen LogP contribution in [-0.4, -0.2) is 136 Å². The maximum Gasteiger partial charge on any atom is 1.00 e. The van der Waals surface area contributed by atoms with Gasteiger partial charge in [-0.2, -0.15) is 26.3 Å². The van der Waals surface area contributed by atoms with Gasteiger partial charge in [0.2, 0.25) is 0 Å². The molecule has 3 amide bonds. The Morgan fingerprint density at radius 2 is 0.711 bits per heavy atom. The monoisotopic (exact) mass is 1610 g/mol. The first kappa shape index (κ1) is 75.4. The number of carboxylic acids is 3. The van der Waals surface area contributed by atoms with Crippen molar-refractivity contribution < 1.29 is 122 Å². The molecule has 0 bridgehead atoms. The van der Waals surface area contributed by atoms with Gasteiger partial charge < -0.3 is 46.7 Å². The number of halogens is 9. The van der Waals surface area contributed by atoms with E-state index in [1.807, 2.05) is 109 Å². The van der Waals surface area contributed by atoms with Crippen molar-refractivity contribution in [2.45, 2.75) is 87.5 Å². The Morgan fingerprint density at radius 3 is 0.948 bits per heavy atom. The van der Waals surface area contributed by atoms with Gasteiger partial charge in [-0.15, -0.1) is 0 Å². The van der Waals surface area contributed by atoms with Gasteiger partial charge in [-0.3, -0.25) is 37.7 Å². The molecule has 97 heavy (non-hydrogen) atoms. The summed E-state index contributed by atoms with van der Waals surface area (Å²) in [4.78, 5) is 78.9. The minimum absolute atomic E-state index is 0. The quantitative estimate of drug-likeness (QED) is 0.0202. The number of aromatic nitrogens is 6. The van der Waals surface area contributed by atoms with Crippen molar-refractivity contribution in [1.29, 1.82) is 0 Å². The molecular formula is C64H57Br3F6KN11O9S3. The standard InChI is InChI=1S/3C20H16BrF2N3O3S.C4H10N2.K/c3*21-16-9-25-19(30-20(22,23)18(29)24-10-17(27)28)26(16)15-8-7-12(11-5-6-11)13-3-1-2-4-14(13)15;1-2-6-4-3-5-1;/h3*1-4,7-9,11H,5-6,10H2,(H,24,29)(H,27,28);5-6H,1-4H2;/q;;;;+1/p-1. The minimum Gasteiger partial charge on any atom is -0.548 e. The van der Waals surface area contributed by atoms with Crippen molar-refractivity contribution in [3.8, 4) is 17.1 Å². The van der Waals surface area contributed by atoms with Gasteiger partial charge >= 0.3 is 96.8 Å². The van der Waals surface area contributed by atoms with Gasteiger partial charge in [0.15, 0.2) is 15.5 Å². The molecule has 504 valence electrons. The number of hydrogen-bond donors (Lipinski definition) is 7. The van der Waals surface area contributed by atoms with Crippen molar-refractivity contribution in [2.24, 2.45) is 0 Å². The summed E-state index contributed by atoms with van der Waals surface area (Å²) in [5.41, 5.74) is 5.66. The van der Waals surface area contributed by atoms with Gasteiger partial charge in [0, 0.05) is 42.3 Å². The largest absolute Gasteiger partial charge is 1.00 e. The molecule has 0 unspecified atom stereocenters. The van der Waals surface area contributed by atoms with Crippen LogP contribution >= 0.6 is 83.1 Å². The van der Waals surface area contributed by atoms with Gasteiger partial charge in [0.1, 0.15) is 26.9 Å². The fourth-order valence-corrected chi connectivity index (χ4v) is 14.5. The van der Waals surface area contributed by atoms with Crippen LogP contribution in [0.25, 0.3) is 49.4 Å². The SMILES string of the molecule is C1CNCCN1.O=C(O)CNC(=O)C(F)(F)Sc1ncc(Br)n1-c1ccc(C2CC2)c2ccccc12.O=C(O)CNC(=O)C(F)(F)Sc1ncc(Br)n1-c1ccc(C2CC2)c2ccccc12.O=C([O-])CNC(=O)C(F)(F)Sc1ncc(Br)n1-c1ccc(C2CC2)c2ccccc12.[K+]. The molecule has 33 heteroatoms. The van der Waals surface area contributed by atoms with Gasteiger partial charge in [0.05, 0.1) is 48.2 Å². The molecule has 3 aliphatic carbocycles. The molecule has 0 atom stereocenters. The Bertz CT molecular complexity index is 3990. The summed E-state index contributed by atoms with van der Waals surface area (Å²) in [6.45, 7) is 1.78. The third-order valence-corrected chi connectivity index (χ3v) is 19.7. The third kappa shape index (κ3) is 19.0. The molecule has 7 N–H and O–H groups in total. The number of nitrogens with zero attached hydrogens (tertiary/aromatic N) is 6. The summed E-state index contributed by atoms with van der Waals surface area (Å²) in [6.07, 6.45) is 11.0. The van der Waals surface area contributed by atoms with Gasteiger partial charge in [-0.05, 0) is 190 Å². The fraction of sp³-hybridized carbons (Fsp3) is 0.297. The van der Waals surface area contributed by atoms with E-state index in [2.05, 4.69) is 73.4 Å². The average molecular weight is 1610 g/mol. The van der Waals surface area contributed by atoms with E-state index in [0.717, 1.165) is 97.0 Å². The molecule has 4 aliphatic rings. The molecule has 4 fully saturated rings. The van der Waals surface area contributed by atoms with E-state index in [1.54, 1.807) is 16.0 Å². The van der Waals surface area contributed by atoms with Crippen LogP contribution in [0.4, 0.5) is 26.3 Å². The van der Waals surface area contributed by atoms with Crippen LogP contribution in [0.2, 0.25) is 0 Å². The first-order chi connectivity index (χ1) is 45.8. The molecule has 6 aromatic carbocycles. The van der Waals surface area contributed by atoms with E-state index in [4.69, 9.17) is 10.2 Å². The number of rotatable bonds is 21. The van der Waals surface area contributed by atoms with Crippen LogP contribution in [0.15, 0.2) is 157 Å². The summed E-state index contributed by atoms with van der Waals surface area (Å²) in [6, 6.07) is 34.9. The zero-order valence-corrected chi connectivity index (χ0v) is 61.4. The Balaban J connectivity index is 0.000000162. The normalized spacial score (nSPS) is 14.6. The number of benzene rings is 6. The maximum atomic E-state index is 14.4. The minimum atomic E-state index is -3.93. The molecule has 0 spiro atoms. The number of hydrogen-bond acceptors (Lipinski definition) is 15. The Morgan fingerprint density at radius 1 is 0.454 bits per heavy atom. The van der Waals surface area contributed by atoms with Crippen LogP contribution in [-0.2, 0) is 28.8 Å². The van der Waals surface area contributed by atoms with Crippen LogP contribution < -0.4 is 83.1 Å². The summed E-state index contributed by atoms with van der Waals surface area (Å²) in [7, 11) is 0. The first-order valence-electron chi connectivity index (χ1n) is 29.7. The summed E-state index contributed by atoms with van der Waals surface area (Å²) >= 11 is 9.93. The summed E-state index contributed by atoms with van der Waals surface area (Å²) < 4.78 is 92.5. The molecule has 4 heterocycles. The molecule has 3 aromatic heterocycles. The van der Waals surface area contributed by atoms with E-state index < -0.39 is 71.0 Å². The second-order valence-corrected chi connectivity index (χ2v) is 27.8. The molecule has 1 saturated heterocycles. The molecule has 13 rings (SSSR count). The Hall–Kier alpha value is -5.82. The molecule has 1 aliphatic heterocycles. The zero-order chi connectivity index (χ0) is 68.6. The van der Waals surface area contributed by atoms with Gasteiger partial charge in [-0.1, -0.05) is 91.0 Å². The number of aliphatic carboxylic acids is 3. The molecule has 9 aromatic rings. The third-order valence-electron chi connectivity index (χ3n) is 15.2. The first-order valence-corrected chi connectivity index (χ1v) is 34.5. The molecular weight excluding hydrogens is 1560 g/mol. The Labute approximate surface area is 630 Å². The average Bonchev–Trinajstić information content (AvgIpc) is 1.75. The number of alkyl halides is 6. The predicted molar refractivity (Wildman–Crippen MR) is 360 cm³/mol. The second kappa shape index (κ2) is 33.1. The molecule has 20 nitrogen and oxygen atoms in total. The number of fused-ring (bicyclic) bond motifs is 3. The summed E-state index contributed by atoms with van der Waals surface area (Å²) in [5, 5.41) is 32.9. The van der Waals surface area contributed by atoms with Crippen LogP contribution in [0.3, 0.4) is 0 Å². The number of piperazine rings is 1. The maximum absolute atomic E-state index is 14.4. The fourth-order valence-electron chi connectivity index (χ4n) is 10.4. The van der Waals surface area contributed by atoms with Crippen molar-refractivity contribution in [3.63, 3.8) is 0 Å². The van der Waals surface area contributed by atoms with Crippen molar-refractivity contribution in [3.05, 3.63) is 158 Å². The number of carboxylic acid groups (broad SMARTS) is 3. The van der Waals surface area contributed by atoms with Crippen molar-refractivity contribution in [1.82, 2.24) is 55.2 Å². The smallest absolute Gasteiger partial charge is 0.548 e. The number of carbonyl (C=O) groups is 6. The van der Waals surface area contributed by atoms with Gasteiger partial charge in [0.25, 0.3) is 0 Å². The van der Waals surface area contributed by atoms with E-state index in [0.29, 0.717) is 48.6 Å². The van der Waals surface area contributed by atoms with Crippen molar-refractivity contribution in [2.75, 3.05) is 45.8 Å². The molecule has 3 saturated carbocycles.